The molecule has 32 heavy (non-hydrogen) atoms. The lowest BCUT2D eigenvalue weighted by molar-refractivity contribution is -0.116. The standard InChI is InChI=1S/C22H25N5O4S/c28-22(24-21-9-11-26(25-21)17-19-2-1-10-23-16-19)8-5-18-3-6-20(7-4-18)32(29,30)27-12-14-31-15-13-27/h1-4,6-7,9-11,16H,5,8,12-15,17H2,(H,24,25,28). The molecule has 1 N–H and O–H groups in total. The predicted molar refractivity (Wildman–Crippen MR) is 119 cm³/mol. The fourth-order valence-electron chi connectivity index (χ4n) is 3.42. The second-order valence-electron chi connectivity index (χ2n) is 7.47. The maximum Gasteiger partial charge on any atom is 0.243 e. The molecule has 0 atom stereocenters. The number of amides is 1. The number of pyridine rings is 1. The third-order valence-corrected chi connectivity index (χ3v) is 7.06. The normalized spacial score (nSPS) is 14.9. The predicted octanol–water partition coefficient (Wildman–Crippen LogP) is 1.92. The van der Waals surface area contributed by atoms with Crippen LogP contribution in [0, 0.1) is 0 Å². The van der Waals surface area contributed by atoms with Crippen molar-refractivity contribution in [2.75, 3.05) is 31.6 Å². The van der Waals surface area contributed by atoms with Crippen LogP contribution in [0.2, 0.25) is 0 Å². The highest BCUT2D eigenvalue weighted by molar-refractivity contribution is 7.89. The van der Waals surface area contributed by atoms with E-state index in [0.29, 0.717) is 45.1 Å². The van der Waals surface area contributed by atoms with Crippen LogP contribution in [0.1, 0.15) is 17.5 Å². The van der Waals surface area contributed by atoms with Crippen molar-refractivity contribution in [1.82, 2.24) is 19.1 Å². The zero-order valence-electron chi connectivity index (χ0n) is 17.6. The van der Waals surface area contributed by atoms with Gasteiger partial charge in [0.1, 0.15) is 0 Å². The molecule has 1 aliphatic rings. The molecule has 2 aromatic heterocycles. The quantitative estimate of drug-likeness (QED) is 0.556. The van der Waals surface area contributed by atoms with Gasteiger partial charge in [-0.2, -0.15) is 9.40 Å². The van der Waals surface area contributed by atoms with E-state index in [1.165, 1.54) is 4.31 Å². The maximum atomic E-state index is 12.7. The zero-order valence-corrected chi connectivity index (χ0v) is 18.4. The summed E-state index contributed by atoms with van der Waals surface area (Å²) in [5.74, 6) is 0.340. The Bertz CT molecular complexity index is 1140. The summed E-state index contributed by atoms with van der Waals surface area (Å²) in [6.07, 6.45) is 6.06. The average Bonchev–Trinajstić information content (AvgIpc) is 3.25. The number of nitrogens with one attached hydrogen (secondary N) is 1. The van der Waals surface area contributed by atoms with Crippen molar-refractivity contribution < 1.29 is 17.9 Å². The summed E-state index contributed by atoms with van der Waals surface area (Å²) >= 11 is 0. The van der Waals surface area contributed by atoms with Gasteiger partial charge in [0, 0.05) is 44.2 Å². The number of sulfonamides is 1. The van der Waals surface area contributed by atoms with E-state index in [1.807, 2.05) is 12.1 Å². The van der Waals surface area contributed by atoms with Gasteiger partial charge in [0.2, 0.25) is 15.9 Å². The molecule has 0 unspecified atom stereocenters. The summed E-state index contributed by atoms with van der Waals surface area (Å²) < 4.78 is 33.8. The Morgan fingerprint density at radius 3 is 2.56 bits per heavy atom. The smallest absolute Gasteiger partial charge is 0.243 e. The number of benzene rings is 1. The Hall–Kier alpha value is -3.08. The molecule has 0 bridgehead atoms. The molecule has 1 aromatic carbocycles. The molecular formula is C22H25N5O4S. The van der Waals surface area contributed by atoms with Gasteiger partial charge in [0.25, 0.3) is 0 Å². The number of hydrogen-bond donors (Lipinski definition) is 1. The lowest BCUT2D eigenvalue weighted by atomic mass is 10.1. The molecule has 10 heteroatoms. The fraction of sp³-hybridized carbons (Fsp3) is 0.318. The molecule has 0 saturated carbocycles. The van der Waals surface area contributed by atoms with Crippen LogP contribution < -0.4 is 5.32 Å². The second kappa shape index (κ2) is 10.0. The molecule has 0 spiro atoms. The van der Waals surface area contributed by atoms with Crippen molar-refractivity contribution in [3.63, 3.8) is 0 Å². The minimum atomic E-state index is -3.51. The Kier molecular flexibility index (Phi) is 6.93. The van der Waals surface area contributed by atoms with Gasteiger partial charge < -0.3 is 10.1 Å². The Morgan fingerprint density at radius 1 is 1.06 bits per heavy atom. The van der Waals surface area contributed by atoms with E-state index < -0.39 is 10.0 Å². The van der Waals surface area contributed by atoms with E-state index in [0.717, 1.165) is 11.1 Å². The number of aryl methyl sites for hydroxylation is 1. The zero-order chi connectivity index (χ0) is 22.4. The summed E-state index contributed by atoms with van der Waals surface area (Å²) in [5, 5.41) is 7.16. The van der Waals surface area contributed by atoms with E-state index in [1.54, 1.807) is 53.6 Å². The molecule has 3 heterocycles. The number of ether oxygens (including phenoxy) is 1. The third-order valence-electron chi connectivity index (χ3n) is 5.15. The second-order valence-corrected chi connectivity index (χ2v) is 9.41. The summed E-state index contributed by atoms with van der Waals surface area (Å²) in [6, 6.07) is 12.3. The summed E-state index contributed by atoms with van der Waals surface area (Å²) in [6.45, 7) is 2.12. The molecule has 9 nitrogen and oxygen atoms in total. The first-order valence-corrected chi connectivity index (χ1v) is 11.8. The minimum Gasteiger partial charge on any atom is -0.379 e. The molecule has 1 saturated heterocycles. The Labute approximate surface area is 187 Å². The summed E-state index contributed by atoms with van der Waals surface area (Å²) in [5.41, 5.74) is 1.91. The number of carbonyl (C=O) groups excluding carboxylic acids is 1. The van der Waals surface area contributed by atoms with Gasteiger partial charge in [-0.3, -0.25) is 14.5 Å². The number of hydrogen-bond acceptors (Lipinski definition) is 6. The van der Waals surface area contributed by atoms with Gasteiger partial charge in [-0.15, -0.1) is 0 Å². The van der Waals surface area contributed by atoms with Crippen LogP contribution in [0.25, 0.3) is 0 Å². The van der Waals surface area contributed by atoms with Gasteiger partial charge in [-0.05, 0) is 35.7 Å². The average molecular weight is 456 g/mol. The number of anilines is 1. The molecule has 0 radical (unpaired) electrons. The van der Waals surface area contributed by atoms with E-state index in [-0.39, 0.29) is 17.2 Å². The van der Waals surface area contributed by atoms with Gasteiger partial charge >= 0.3 is 0 Å². The van der Waals surface area contributed by atoms with Crippen molar-refractivity contribution in [3.8, 4) is 0 Å². The molecule has 168 valence electrons. The van der Waals surface area contributed by atoms with Crippen molar-refractivity contribution in [1.29, 1.82) is 0 Å². The van der Waals surface area contributed by atoms with Crippen LogP contribution >= 0.6 is 0 Å². The van der Waals surface area contributed by atoms with Crippen LogP contribution in [0.15, 0.2) is 66.0 Å². The first kappa shape index (κ1) is 22.1. The van der Waals surface area contributed by atoms with Crippen LogP contribution in [-0.4, -0.2) is 59.7 Å². The Morgan fingerprint density at radius 2 is 1.84 bits per heavy atom. The molecule has 4 rings (SSSR count). The van der Waals surface area contributed by atoms with E-state index >= 15 is 0 Å². The molecule has 1 aliphatic heterocycles. The molecule has 1 amide bonds. The lowest BCUT2D eigenvalue weighted by Crippen LogP contribution is -2.40. The monoisotopic (exact) mass is 455 g/mol. The van der Waals surface area contributed by atoms with Crippen LogP contribution in [0.5, 0.6) is 0 Å². The van der Waals surface area contributed by atoms with Crippen LogP contribution in [-0.2, 0) is 32.5 Å². The maximum absolute atomic E-state index is 12.7. The van der Waals surface area contributed by atoms with Crippen molar-refractivity contribution >= 4 is 21.7 Å². The topological polar surface area (TPSA) is 106 Å². The summed E-state index contributed by atoms with van der Waals surface area (Å²) in [4.78, 5) is 16.6. The van der Waals surface area contributed by atoms with Crippen molar-refractivity contribution in [3.05, 3.63) is 72.2 Å². The van der Waals surface area contributed by atoms with Crippen molar-refractivity contribution in [2.45, 2.75) is 24.3 Å². The van der Waals surface area contributed by atoms with Crippen LogP contribution in [0.4, 0.5) is 5.82 Å². The van der Waals surface area contributed by atoms with E-state index in [2.05, 4.69) is 15.4 Å². The first-order valence-electron chi connectivity index (χ1n) is 10.4. The number of rotatable bonds is 8. The highest BCUT2D eigenvalue weighted by Crippen LogP contribution is 2.18. The molecule has 0 aliphatic carbocycles. The summed E-state index contributed by atoms with van der Waals surface area (Å²) in [7, 11) is -3.51. The van der Waals surface area contributed by atoms with Gasteiger partial charge in [-0.1, -0.05) is 18.2 Å². The van der Waals surface area contributed by atoms with Crippen molar-refractivity contribution in [2.24, 2.45) is 0 Å². The Balaban J connectivity index is 1.28. The third kappa shape index (κ3) is 5.58. The molecule has 1 fully saturated rings. The van der Waals surface area contributed by atoms with E-state index in [4.69, 9.17) is 4.74 Å². The number of nitrogens with zero attached hydrogens (tertiary/aromatic N) is 4. The van der Waals surface area contributed by atoms with Crippen LogP contribution in [0.3, 0.4) is 0 Å². The highest BCUT2D eigenvalue weighted by atomic mass is 32.2. The number of aromatic nitrogens is 3. The highest BCUT2D eigenvalue weighted by Gasteiger charge is 2.26. The van der Waals surface area contributed by atoms with Gasteiger partial charge in [0.05, 0.1) is 24.7 Å². The van der Waals surface area contributed by atoms with E-state index in [9.17, 15) is 13.2 Å². The van der Waals surface area contributed by atoms with Gasteiger partial charge in [-0.25, -0.2) is 8.42 Å². The lowest BCUT2D eigenvalue weighted by Gasteiger charge is -2.26. The first-order chi connectivity index (χ1) is 15.5. The largest absolute Gasteiger partial charge is 0.379 e. The number of morpholine rings is 1. The van der Waals surface area contributed by atoms with Gasteiger partial charge in [0.15, 0.2) is 5.82 Å². The fourth-order valence-corrected chi connectivity index (χ4v) is 4.83. The minimum absolute atomic E-state index is 0.151. The molecule has 3 aromatic rings. The molecular weight excluding hydrogens is 430 g/mol. The number of carbonyl (C=O) groups is 1. The SMILES string of the molecule is O=C(CCc1ccc(S(=O)(=O)N2CCOCC2)cc1)Nc1ccn(Cc2cccnc2)n1.